The van der Waals surface area contributed by atoms with Crippen LogP contribution in [0.15, 0.2) is 12.4 Å². The number of aromatic nitrogens is 2. The highest BCUT2D eigenvalue weighted by atomic mass is 16.1. The second-order valence-electron chi connectivity index (χ2n) is 5.43. The summed E-state index contributed by atoms with van der Waals surface area (Å²) in [6, 6.07) is 0. The van der Waals surface area contributed by atoms with Crippen molar-refractivity contribution in [3.63, 3.8) is 0 Å². The Bertz CT molecular complexity index is 384. The van der Waals surface area contributed by atoms with Crippen molar-refractivity contribution in [2.24, 2.45) is 18.2 Å². The number of amides is 1. The van der Waals surface area contributed by atoms with E-state index >= 15 is 0 Å². The quantitative estimate of drug-likeness (QED) is 0.765. The summed E-state index contributed by atoms with van der Waals surface area (Å²) in [4.78, 5) is 15.9. The fraction of sp³-hybridized carbons (Fsp3) is 0.692. The van der Waals surface area contributed by atoms with Gasteiger partial charge >= 0.3 is 0 Å². The molecule has 18 heavy (non-hydrogen) atoms. The number of carbonyl (C=O) groups excluding carboxylic acids is 1. The van der Waals surface area contributed by atoms with Gasteiger partial charge in [-0.05, 0) is 24.8 Å². The molecule has 1 heterocycles. The molecule has 1 rings (SSSR count). The lowest BCUT2D eigenvalue weighted by atomic mass is 9.84. The van der Waals surface area contributed by atoms with Crippen molar-refractivity contribution in [1.29, 1.82) is 0 Å². The second kappa shape index (κ2) is 6.54. The third-order valence-electron chi connectivity index (χ3n) is 3.21. The lowest BCUT2D eigenvalue weighted by Gasteiger charge is -2.23. The van der Waals surface area contributed by atoms with E-state index < -0.39 is 0 Å². The summed E-state index contributed by atoms with van der Waals surface area (Å²) in [5, 5.41) is 2.89. The smallest absolute Gasteiger partial charge is 0.220 e. The maximum absolute atomic E-state index is 11.7. The minimum Gasteiger partial charge on any atom is -0.349 e. The zero-order valence-corrected chi connectivity index (χ0v) is 11.6. The molecule has 5 heteroatoms. The Hall–Kier alpha value is -1.36. The van der Waals surface area contributed by atoms with Crippen molar-refractivity contribution in [1.82, 2.24) is 14.9 Å². The lowest BCUT2D eigenvalue weighted by molar-refractivity contribution is -0.121. The van der Waals surface area contributed by atoms with Crippen LogP contribution in [0.5, 0.6) is 0 Å². The van der Waals surface area contributed by atoms with Gasteiger partial charge in [-0.3, -0.25) is 4.79 Å². The van der Waals surface area contributed by atoms with Gasteiger partial charge in [-0.2, -0.15) is 0 Å². The van der Waals surface area contributed by atoms with Crippen LogP contribution in [-0.4, -0.2) is 22.0 Å². The van der Waals surface area contributed by atoms with Crippen molar-refractivity contribution in [2.75, 3.05) is 6.54 Å². The SMILES string of the molecule is Cn1ccnc1CNC(=O)CCC(C)(C)CCN. The predicted molar refractivity (Wildman–Crippen MR) is 71.7 cm³/mol. The van der Waals surface area contributed by atoms with Crippen LogP contribution in [0.25, 0.3) is 0 Å². The summed E-state index contributed by atoms with van der Waals surface area (Å²) in [5.41, 5.74) is 5.68. The highest BCUT2D eigenvalue weighted by Gasteiger charge is 2.18. The number of nitrogens with one attached hydrogen (secondary N) is 1. The number of nitrogens with two attached hydrogens (primary N) is 1. The maximum atomic E-state index is 11.7. The van der Waals surface area contributed by atoms with Crippen molar-refractivity contribution in [3.05, 3.63) is 18.2 Å². The minimum absolute atomic E-state index is 0.0723. The first-order valence-electron chi connectivity index (χ1n) is 6.37. The van der Waals surface area contributed by atoms with Crippen LogP contribution in [0.2, 0.25) is 0 Å². The highest BCUT2D eigenvalue weighted by molar-refractivity contribution is 5.75. The fourth-order valence-electron chi connectivity index (χ4n) is 1.80. The monoisotopic (exact) mass is 252 g/mol. The molecular formula is C13H24N4O. The molecule has 1 aromatic rings. The summed E-state index contributed by atoms with van der Waals surface area (Å²) in [6.45, 7) is 5.44. The maximum Gasteiger partial charge on any atom is 0.220 e. The van der Waals surface area contributed by atoms with E-state index in [9.17, 15) is 4.79 Å². The average molecular weight is 252 g/mol. The Morgan fingerprint density at radius 3 is 2.78 bits per heavy atom. The first-order valence-corrected chi connectivity index (χ1v) is 6.37. The number of rotatable bonds is 7. The molecule has 5 nitrogen and oxygen atoms in total. The minimum atomic E-state index is 0.0723. The number of hydrogen-bond acceptors (Lipinski definition) is 3. The number of aryl methyl sites for hydroxylation is 1. The molecule has 1 aromatic heterocycles. The molecule has 0 atom stereocenters. The molecule has 0 aliphatic rings. The van der Waals surface area contributed by atoms with E-state index in [-0.39, 0.29) is 11.3 Å². The zero-order valence-electron chi connectivity index (χ0n) is 11.6. The summed E-state index contributed by atoms with van der Waals surface area (Å²) < 4.78 is 1.90. The van der Waals surface area contributed by atoms with Gasteiger partial charge in [0.25, 0.3) is 0 Å². The van der Waals surface area contributed by atoms with Gasteiger partial charge in [0.15, 0.2) is 0 Å². The van der Waals surface area contributed by atoms with Crippen LogP contribution < -0.4 is 11.1 Å². The van der Waals surface area contributed by atoms with Crippen molar-refractivity contribution < 1.29 is 4.79 Å². The Morgan fingerprint density at radius 1 is 1.50 bits per heavy atom. The van der Waals surface area contributed by atoms with Gasteiger partial charge < -0.3 is 15.6 Å². The largest absolute Gasteiger partial charge is 0.349 e. The Labute approximate surface area is 109 Å². The van der Waals surface area contributed by atoms with E-state index in [0.717, 1.165) is 18.7 Å². The zero-order chi connectivity index (χ0) is 13.6. The van der Waals surface area contributed by atoms with Crippen LogP contribution in [0.1, 0.15) is 38.9 Å². The molecule has 0 fully saturated rings. The van der Waals surface area contributed by atoms with Crippen molar-refractivity contribution >= 4 is 5.91 Å². The molecule has 1 amide bonds. The van der Waals surface area contributed by atoms with E-state index in [1.807, 2.05) is 17.8 Å². The number of imidazole rings is 1. The van der Waals surface area contributed by atoms with Gasteiger partial charge in [-0.25, -0.2) is 4.98 Å². The molecule has 0 saturated heterocycles. The van der Waals surface area contributed by atoms with Crippen LogP contribution >= 0.6 is 0 Å². The van der Waals surface area contributed by atoms with E-state index in [2.05, 4.69) is 24.1 Å². The predicted octanol–water partition coefficient (Wildman–Crippen LogP) is 1.19. The molecule has 0 radical (unpaired) electrons. The number of hydrogen-bond donors (Lipinski definition) is 2. The van der Waals surface area contributed by atoms with E-state index in [1.165, 1.54) is 0 Å². The second-order valence-corrected chi connectivity index (χ2v) is 5.43. The molecule has 102 valence electrons. The van der Waals surface area contributed by atoms with Crippen molar-refractivity contribution in [2.45, 2.75) is 39.7 Å². The number of nitrogens with zero attached hydrogens (tertiary/aromatic N) is 2. The van der Waals surface area contributed by atoms with E-state index in [0.29, 0.717) is 19.5 Å². The van der Waals surface area contributed by atoms with Crippen LogP contribution in [0, 0.1) is 5.41 Å². The standard InChI is InChI=1S/C13H24N4O/c1-13(2,6-7-14)5-4-12(18)16-10-11-15-8-9-17(11)3/h8-9H,4-7,10,14H2,1-3H3,(H,16,18). The third-order valence-corrected chi connectivity index (χ3v) is 3.21. The van der Waals surface area contributed by atoms with Gasteiger partial charge in [0.05, 0.1) is 6.54 Å². The molecule has 0 spiro atoms. The number of carbonyl (C=O) groups is 1. The summed E-state index contributed by atoms with van der Waals surface area (Å²) in [5.74, 6) is 0.938. The van der Waals surface area contributed by atoms with Gasteiger partial charge in [0.2, 0.25) is 5.91 Å². The molecule has 0 saturated carbocycles. The summed E-state index contributed by atoms with van der Waals surface area (Å²) >= 11 is 0. The Kier molecular flexibility index (Phi) is 5.34. The summed E-state index contributed by atoms with van der Waals surface area (Å²) in [6.07, 6.45) is 5.94. The van der Waals surface area contributed by atoms with Crippen LogP contribution in [-0.2, 0) is 18.4 Å². The lowest BCUT2D eigenvalue weighted by Crippen LogP contribution is -2.26. The highest BCUT2D eigenvalue weighted by Crippen LogP contribution is 2.25. The normalized spacial score (nSPS) is 11.6. The molecule has 0 aliphatic carbocycles. The van der Waals surface area contributed by atoms with E-state index in [1.54, 1.807) is 6.20 Å². The Morgan fingerprint density at radius 2 is 2.22 bits per heavy atom. The molecule has 0 aliphatic heterocycles. The van der Waals surface area contributed by atoms with Gasteiger partial charge in [0.1, 0.15) is 5.82 Å². The molecule has 0 bridgehead atoms. The summed E-state index contributed by atoms with van der Waals surface area (Å²) in [7, 11) is 1.92. The topological polar surface area (TPSA) is 72.9 Å². The molecule has 0 unspecified atom stereocenters. The van der Waals surface area contributed by atoms with Gasteiger partial charge in [0, 0.05) is 25.9 Å². The first kappa shape index (κ1) is 14.7. The fourth-order valence-corrected chi connectivity index (χ4v) is 1.80. The van der Waals surface area contributed by atoms with Gasteiger partial charge in [-0.1, -0.05) is 13.8 Å². The van der Waals surface area contributed by atoms with Crippen LogP contribution in [0.3, 0.4) is 0 Å². The molecular weight excluding hydrogens is 228 g/mol. The third kappa shape index (κ3) is 4.87. The first-order chi connectivity index (χ1) is 8.44. The molecule has 0 aromatic carbocycles. The van der Waals surface area contributed by atoms with Crippen LogP contribution in [0.4, 0.5) is 0 Å². The Balaban J connectivity index is 2.28. The van der Waals surface area contributed by atoms with E-state index in [4.69, 9.17) is 5.73 Å². The average Bonchev–Trinajstić information content (AvgIpc) is 2.70. The van der Waals surface area contributed by atoms with Crippen molar-refractivity contribution in [3.8, 4) is 0 Å². The molecule has 3 N–H and O–H groups in total. The van der Waals surface area contributed by atoms with Gasteiger partial charge in [-0.15, -0.1) is 0 Å².